The molecule has 5 heteroatoms. The second-order valence-electron chi connectivity index (χ2n) is 4.88. The Balaban J connectivity index is 1.84. The molecule has 2 saturated carbocycles. The largest absolute Gasteiger partial charge is 0.391 e. The van der Waals surface area contributed by atoms with E-state index in [-0.39, 0.29) is 30.7 Å². The van der Waals surface area contributed by atoms with Crippen LogP contribution in [0.4, 0.5) is 13.2 Å². The van der Waals surface area contributed by atoms with Crippen LogP contribution in [0.5, 0.6) is 0 Å². The molecular weight excluding hydrogens is 219 g/mol. The standard InChI is InChI=1S/C11H16F3NO/c12-11(13,14)8-2-1-3-9(6-8)15-10(16)7-4-5-7/h7-9H,1-6H2,(H,15,16)/t8-,9+/m0/s1. The van der Waals surface area contributed by atoms with Gasteiger partial charge < -0.3 is 5.32 Å². The first kappa shape index (κ1) is 11.7. The number of hydrogen-bond donors (Lipinski definition) is 1. The smallest absolute Gasteiger partial charge is 0.353 e. The fourth-order valence-corrected chi connectivity index (χ4v) is 2.28. The highest BCUT2D eigenvalue weighted by molar-refractivity contribution is 5.81. The van der Waals surface area contributed by atoms with Gasteiger partial charge in [0.05, 0.1) is 5.92 Å². The Hall–Kier alpha value is -0.740. The van der Waals surface area contributed by atoms with Crippen molar-refractivity contribution >= 4 is 5.91 Å². The molecule has 0 spiro atoms. The van der Waals surface area contributed by atoms with Gasteiger partial charge in [-0.1, -0.05) is 6.42 Å². The number of alkyl halides is 3. The van der Waals surface area contributed by atoms with Crippen molar-refractivity contribution in [2.24, 2.45) is 11.8 Å². The quantitative estimate of drug-likeness (QED) is 0.783. The number of nitrogens with one attached hydrogen (secondary N) is 1. The highest BCUT2D eigenvalue weighted by Crippen LogP contribution is 2.38. The van der Waals surface area contributed by atoms with Crippen LogP contribution in [-0.4, -0.2) is 18.1 Å². The predicted octanol–water partition coefficient (Wildman–Crippen LogP) is 2.63. The van der Waals surface area contributed by atoms with Crippen LogP contribution in [0.2, 0.25) is 0 Å². The molecule has 0 aromatic heterocycles. The van der Waals surface area contributed by atoms with Crippen molar-refractivity contribution in [3.05, 3.63) is 0 Å². The van der Waals surface area contributed by atoms with Gasteiger partial charge in [-0.3, -0.25) is 4.79 Å². The zero-order valence-electron chi connectivity index (χ0n) is 9.02. The average molecular weight is 235 g/mol. The molecule has 0 bridgehead atoms. The fourth-order valence-electron chi connectivity index (χ4n) is 2.28. The van der Waals surface area contributed by atoms with Crippen molar-refractivity contribution in [2.45, 2.75) is 50.7 Å². The van der Waals surface area contributed by atoms with E-state index >= 15 is 0 Å². The van der Waals surface area contributed by atoms with Crippen molar-refractivity contribution in [2.75, 3.05) is 0 Å². The van der Waals surface area contributed by atoms with Gasteiger partial charge in [0.25, 0.3) is 0 Å². The van der Waals surface area contributed by atoms with Gasteiger partial charge in [-0.2, -0.15) is 13.2 Å². The molecule has 0 radical (unpaired) electrons. The van der Waals surface area contributed by atoms with E-state index in [1.807, 2.05) is 0 Å². The van der Waals surface area contributed by atoms with Crippen LogP contribution in [0.3, 0.4) is 0 Å². The highest BCUT2D eigenvalue weighted by atomic mass is 19.4. The molecule has 0 saturated heterocycles. The van der Waals surface area contributed by atoms with Gasteiger partial charge in [0.1, 0.15) is 0 Å². The molecule has 0 heterocycles. The normalized spacial score (nSPS) is 31.2. The first-order valence-electron chi connectivity index (χ1n) is 5.84. The summed E-state index contributed by atoms with van der Waals surface area (Å²) in [6.45, 7) is 0. The molecule has 2 aliphatic rings. The maximum absolute atomic E-state index is 12.5. The van der Waals surface area contributed by atoms with Gasteiger partial charge in [-0.25, -0.2) is 0 Å². The van der Waals surface area contributed by atoms with E-state index in [0.29, 0.717) is 12.8 Å². The van der Waals surface area contributed by atoms with Crippen LogP contribution in [-0.2, 0) is 4.79 Å². The summed E-state index contributed by atoms with van der Waals surface area (Å²) in [6, 6.07) is -0.270. The summed E-state index contributed by atoms with van der Waals surface area (Å²) in [5, 5.41) is 2.74. The van der Waals surface area contributed by atoms with E-state index in [2.05, 4.69) is 5.32 Å². The molecule has 0 aliphatic heterocycles. The number of hydrogen-bond acceptors (Lipinski definition) is 1. The Morgan fingerprint density at radius 3 is 2.38 bits per heavy atom. The topological polar surface area (TPSA) is 29.1 Å². The van der Waals surface area contributed by atoms with Crippen LogP contribution in [0, 0.1) is 11.8 Å². The summed E-state index contributed by atoms with van der Waals surface area (Å²) >= 11 is 0. The number of halogens is 3. The lowest BCUT2D eigenvalue weighted by atomic mass is 9.85. The van der Waals surface area contributed by atoms with E-state index in [9.17, 15) is 18.0 Å². The molecular formula is C11H16F3NO. The number of rotatable bonds is 2. The zero-order chi connectivity index (χ0) is 11.8. The minimum Gasteiger partial charge on any atom is -0.353 e. The van der Waals surface area contributed by atoms with Crippen LogP contribution in [0.1, 0.15) is 38.5 Å². The molecule has 0 aromatic rings. The summed E-state index contributed by atoms with van der Waals surface area (Å²) < 4.78 is 37.5. The Bertz CT molecular complexity index is 273. The third kappa shape index (κ3) is 2.89. The van der Waals surface area contributed by atoms with Crippen molar-refractivity contribution in [3.8, 4) is 0 Å². The lowest BCUT2D eigenvalue weighted by Gasteiger charge is -2.31. The SMILES string of the molecule is O=C(N[C@@H]1CCC[C@H](C(F)(F)F)C1)C1CC1. The Kier molecular flexibility index (Phi) is 3.13. The van der Waals surface area contributed by atoms with Crippen molar-refractivity contribution in [1.82, 2.24) is 5.32 Å². The predicted molar refractivity (Wildman–Crippen MR) is 52.7 cm³/mol. The number of carbonyl (C=O) groups is 1. The Morgan fingerprint density at radius 2 is 1.81 bits per heavy atom. The third-order valence-corrected chi connectivity index (χ3v) is 3.43. The van der Waals surface area contributed by atoms with Gasteiger partial charge in [0, 0.05) is 12.0 Å². The van der Waals surface area contributed by atoms with Crippen LogP contribution in [0.25, 0.3) is 0 Å². The first-order chi connectivity index (χ1) is 7.47. The summed E-state index contributed by atoms with van der Waals surface area (Å²) in [7, 11) is 0. The number of amides is 1. The summed E-state index contributed by atoms with van der Waals surface area (Å²) in [6.07, 6.45) is -0.822. The van der Waals surface area contributed by atoms with Crippen molar-refractivity contribution < 1.29 is 18.0 Å². The maximum atomic E-state index is 12.5. The average Bonchev–Trinajstić information content (AvgIpc) is 2.99. The van der Waals surface area contributed by atoms with Crippen molar-refractivity contribution in [3.63, 3.8) is 0 Å². The van der Waals surface area contributed by atoms with Crippen LogP contribution >= 0.6 is 0 Å². The minimum atomic E-state index is -4.11. The zero-order valence-corrected chi connectivity index (χ0v) is 9.02. The van der Waals surface area contributed by atoms with Gasteiger partial charge in [-0.05, 0) is 32.1 Å². The molecule has 2 atom stereocenters. The second-order valence-corrected chi connectivity index (χ2v) is 4.88. The summed E-state index contributed by atoms with van der Waals surface area (Å²) in [5.41, 5.74) is 0. The van der Waals surface area contributed by atoms with Crippen LogP contribution < -0.4 is 5.32 Å². The molecule has 1 amide bonds. The molecule has 2 aliphatic carbocycles. The fraction of sp³-hybridized carbons (Fsp3) is 0.909. The lowest BCUT2D eigenvalue weighted by Crippen LogP contribution is -2.42. The van der Waals surface area contributed by atoms with Crippen LogP contribution in [0.15, 0.2) is 0 Å². The number of carbonyl (C=O) groups excluding carboxylic acids is 1. The molecule has 0 unspecified atom stereocenters. The van der Waals surface area contributed by atoms with Crippen molar-refractivity contribution in [1.29, 1.82) is 0 Å². The molecule has 16 heavy (non-hydrogen) atoms. The second kappa shape index (κ2) is 4.26. The van der Waals surface area contributed by atoms with Gasteiger partial charge >= 0.3 is 6.18 Å². The maximum Gasteiger partial charge on any atom is 0.391 e. The third-order valence-electron chi connectivity index (χ3n) is 3.43. The van der Waals surface area contributed by atoms with E-state index in [1.54, 1.807) is 0 Å². The molecule has 2 rings (SSSR count). The van der Waals surface area contributed by atoms with Gasteiger partial charge in [-0.15, -0.1) is 0 Å². The monoisotopic (exact) mass is 235 g/mol. The van der Waals surface area contributed by atoms with E-state index < -0.39 is 12.1 Å². The molecule has 1 N–H and O–H groups in total. The van der Waals surface area contributed by atoms with E-state index in [0.717, 1.165) is 12.8 Å². The molecule has 92 valence electrons. The molecule has 2 fully saturated rings. The van der Waals surface area contributed by atoms with E-state index in [4.69, 9.17) is 0 Å². The highest BCUT2D eigenvalue weighted by Gasteiger charge is 2.43. The minimum absolute atomic E-state index is 0.0483. The lowest BCUT2D eigenvalue weighted by molar-refractivity contribution is -0.184. The van der Waals surface area contributed by atoms with Gasteiger partial charge in [0.2, 0.25) is 5.91 Å². The van der Waals surface area contributed by atoms with Gasteiger partial charge in [0.15, 0.2) is 0 Å². The Morgan fingerprint density at radius 1 is 1.12 bits per heavy atom. The van der Waals surface area contributed by atoms with E-state index in [1.165, 1.54) is 0 Å². The Labute approximate surface area is 92.6 Å². The molecule has 0 aromatic carbocycles. The summed E-state index contributed by atoms with van der Waals surface area (Å²) in [4.78, 5) is 11.4. The first-order valence-corrected chi connectivity index (χ1v) is 5.84. The summed E-state index contributed by atoms with van der Waals surface area (Å²) in [5.74, 6) is -1.20. The molecule has 2 nitrogen and oxygen atoms in total.